The molecule has 0 aromatic carbocycles. The predicted molar refractivity (Wildman–Crippen MR) is 106 cm³/mol. The maximum atomic E-state index is 11.4. The van der Waals surface area contributed by atoms with Crippen molar-refractivity contribution < 1.29 is 8.42 Å². The molecular weight excluding hydrogens is 376 g/mol. The topological polar surface area (TPSA) is 98.7 Å². The van der Waals surface area contributed by atoms with E-state index >= 15 is 0 Å². The number of aromatic nitrogens is 1. The van der Waals surface area contributed by atoms with Gasteiger partial charge in [0.2, 0.25) is 10.0 Å². The number of aliphatic imine (C=N–C) groups is 1. The van der Waals surface area contributed by atoms with E-state index < -0.39 is 10.0 Å². The van der Waals surface area contributed by atoms with Gasteiger partial charge in [-0.1, -0.05) is 11.6 Å². The molecule has 1 fully saturated rings. The van der Waals surface area contributed by atoms with Crippen molar-refractivity contribution in [3.63, 3.8) is 0 Å². The molecular formula is C16H27ClN6O2S. The number of hydrogen-bond acceptors (Lipinski definition) is 5. The van der Waals surface area contributed by atoms with E-state index in [1.807, 2.05) is 12.1 Å². The second-order valence-corrected chi connectivity index (χ2v) is 8.54. The molecule has 1 saturated heterocycles. The van der Waals surface area contributed by atoms with Crippen molar-refractivity contribution in [3.8, 4) is 0 Å². The number of guanidine groups is 1. The molecule has 146 valence electrons. The lowest BCUT2D eigenvalue weighted by molar-refractivity contribution is 0.579. The number of nitrogens with one attached hydrogen (secondary N) is 3. The molecule has 1 aliphatic rings. The van der Waals surface area contributed by atoms with Gasteiger partial charge in [-0.05, 0) is 31.9 Å². The standard InChI is InChI=1S/C16H27ClN6O2S/c1-3-26(24,25)21-10-5-9-20-16(18-2)22-13-7-11-23(12-13)15-14(17)6-4-8-19-15/h4,6,8,13,21H,3,5,7,9-12H2,1-2H3,(H2,18,20,22). The van der Waals surface area contributed by atoms with Crippen LogP contribution in [0.5, 0.6) is 0 Å². The fraction of sp³-hybridized carbons (Fsp3) is 0.625. The Hall–Kier alpha value is -1.58. The lowest BCUT2D eigenvalue weighted by Crippen LogP contribution is -2.45. The van der Waals surface area contributed by atoms with Crippen LogP contribution in [0, 0.1) is 0 Å². The third kappa shape index (κ3) is 6.30. The number of hydrogen-bond donors (Lipinski definition) is 3. The Morgan fingerprint density at radius 2 is 2.27 bits per heavy atom. The molecule has 0 amide bonds. The van der Waals surface area contributed by atoms with Crippen molar-refractivity contribution in [3.05, 3.63) is 23.4 Å². The average Bonchev–Trinajstić information content (AvgIpc) is 3.09. The van der Waals surface area contributed by atoms with Crippen molar-refractivity contribution in [1.82, 2.24) is 20.3 Å². The molecule has 1 aromatic heterocycles. The Morgan fingerprint density at radius 3 is 2.96 bits per heavy atom. The van der Waals surface area contributed by atoms with E-state index in [-0.39, 0.29) is 11.8 Å². The van der Waals surface area contributed by atoms with Gasteiger partial charge in [-0.15, -0.1) is 0 Å². The van der Waals surface area contributed by atoms with Crippen LogP contribution in [-0.4, -0.2) is 64.4 Å². The van der Waals surface area contributed by atoms with Gasteiger partial charge >= 0.3 is 0 Å². The third-order valence-electron chi connectivity index (χ3n) is 4.14. The SMILES string of the molecule is CCS(=O)(=O)NCCCNC(=NC)NC1CCN(c2ncccc2Cl)C1. The molecule has 1 unspecified atom stereocenters. The number of sulfonamides is 1. The Morgan fingerprint density at radius 1 is 1.46 bits per heavy atom. The first kappa shape index (κ1) is 20.7. The summed E-state index contributed by atoms with van der Waals surface area (Å²) in [6.07, 6.45) is 3.39. The minimum absolute atomic E-state index is 0.0993. The van der Waals surface area contributed by atoms with Crippen molar-refractivity contribution in [1.29, 1.82) is 0 Å². The molecule has 0 aliphatic carbocycles. The monoisotopic (exact) mass is 402 g/mol. The number of pyridine rings is 1. The first-order valence-corrected chi connectivity index (χ1v) is 10.8. The highest BCUT2D eigenvalue weighted by atomic mass is 35.5. The molecule has 0 spiro atoms. The zero-order valence-electron chi connectivity index (χ0n) is 15.2. The lowest BCUT2D eigenvalue weighted by Gasteiger charge is -2.20. The van der Waals surface area contributed by atoms with E-state index in [1.165, 1.54) is 0 Å². The van der Waals surface area contributed by atoms with E-state index in [0.29, 0.717) is 30.5 Å². The van der Waals surface area contributed by atoms with Gasteiger partial charge in [0.1, 0.15) is 5.82 Å². The highest BCUT2D eigenvalue weighted by molar-refractivity contribution is 7.89. The predicted octanol–water partition coefficient (Wildman–Crippen LogP) is 0.808. The lowest BCUT2D eigenvalue weighted by atomic mass is 10.3. The zero-order valence-corrected chi connectivity index (χ0v) is 16.8. The van der Waals surface area contributed by atoms with Crippen LogP contribution in [0.4, 0.5) is 5.82 Å². The van der Waals surface area contributed by atoms with E-state index in [2.05, 4.69) is 30.2 Å². The number of rotatable bonds is 8. The fourth-order valence-corrected chi connectivity index (χ4v) is 3.59. The summed E-state index contributed by atoms with van der Waals surface area (Å²) in [6.45, 7) is 4.34. The first-order valence-electron chi connectivity index (χ1n) is 8.75. The Bertz CT molecular complexity index is 712. The van der Waals surface area contributed by atoms with E-state index in [1.54, 1.807) is 20.2 Å². The van der Waals surface area contributed by atoms with Gasteiger partial charge in [-0.2, -0.15) is 0 Å². The molecule has 2 rings (SSSR count). The molecule has 8 nitrogen and oxygen atoms in total. The van der Waals surface area contributed by atoms with Crippen LogP contribution < -0.4 is 20.3 Å². The molecule has 0 radical (unpaired) electrons. The molecule has 1 aromatic rings. The highest BCUT2D eigenvalue weighted by Gasteiger charge is 2.25. The molecule has 3 N–H and O–H groups in total. The van der Waals surface area contributed by atoms with E-state index in [0.717, 1.165) is 25.3 Å². The number of nitrogens with zero attached hydrogens (tertiary/aromatic N) is 3. The van der Waals surface area contributed by atoms with Crippen LogP contribution in [0.1, 0.15) is 19.8 Å². The molecule has 0 bridgehead atoms. The van der Waals surface area contributed by atoms with Crippen LogP contribution in [-0.2, 0) is 10.0 Å². The van der Waals surface area contributed by atoms with Crippen LogP contribution in [0.2, 0.25) is 5.02 Å². The Kier molecular flexibility index (Phi) is 7.92. The maximum absolute atomic E-state index is 11.4. The minimum Gasteiger partial charge on any atom is -0.356 e. The molecule has 26 heavy (non-hydrogen) atoms. The van der Waals surface area contributed by atoms with Crippen molar-refractivity contribution in [2.75, 3.05) is 43.9 Å². The summed E-state index contributed by atoms with van der Waals surface area (Å²) >= 11 is 6.22. The molecule has 0 saturated carbocycles. The van der Waals surface area contributed by atoms with Crippen LogP contribution in [0.3, 0.4) is 0 Å². The van der Waals surface area contributed by atoms with Gasteiger partial charge in [0.25, 0.3) is 0 Å². The summed E-state index contributed by atoms with van der Waals surface area (Å²) in [6, 6.07) is 3.92. The van der Waals surface area contributed by atoms with Gasteiger partial charge < -0.3 is 15.5 Å². The average molecular weight is 403 g/mol. The van der Waals surface area contributed by atoms with Crippen LogP contribution in [0.15, 0.2) is 23.3 Å². The maximum Gasteiger partial charge on any atom is 0.211 e. The first-order chi connectivity index (χ1) is 12.4. The van der Waals surface area contributed by atoms with E-state index in [9.17, 15) is 8.42 Å². The van der Waals surface area contributed by atoms with Gasteiger partial charge in [-0.3, -0.25) is 4.99 Å². The molecule has 1 atom stereocenters. The van der Waals surface area contributed by atoms with Gasteiger partial charge in [0, 0.05) is 45.5 Å². The van der Waals surface area contributed by atoms with Gasteiger partial charge in [-0.25, -0.2) is 18.1 Å². The third-order valence-corrected chi connectivity index (χ3v) is 5.84. The van der Waals surface area contributed by atoms with Gasteiger partial charge in [0.05, 0.1) is 10.8 Å². The summed E-state index contributed by atoms with van der Waals surface area (Å²) < 4.78 is 25.3. The van der Waals surface area contributed by atoms with Crippen molar-refractivity contribution in [2.24, 2.45) is 4.99 Å². The van der Waals surface area contributed by atoms with Crippen LogP contribution in [0.25, 0.3) is 0 Å². The second-order valence-electron chi connectivity index (χ2n) is 6.04. The second kappa shape index (κ2) is 9.94. The van der Waals surface area contributed by atoms with Gasteiger partial charge in [0.15, 0.2) is 5.96 Å². The van der Waals surface area contributed by atoms with Crippen LogP contribution >= 0.6 is 11.6 Å². The molecule has 1 aliphatic heterocycles. The number of anilines is 1. The molecule has 2 heterocycles. The molecule has 10 heteroatoms. The largest absolute Gasteiger partial charge is 0.356 e. The summed E-state index contributed by atoms with van der Waals surface area (Å²) in [5, 5.41) is 7.26. The van der Waals surface area contributed by atoms with Crippen molar-refractivity contribution in [2.45, 2.75) is 25.8 Å². The smallest absolute Gasteiger partial charge is 0.211 e. The normalized spacial score (nSPS) is 18.2. The summed E-state index contributed by atoms with van der Waals surface area (Å²) in [5.74, 6) is 1.62. The minimum atomic E-state index is -3.13. The number of halogens is 1. The summed E-state index contributed by atoms with van der Waals surface area (Å²) in [5.41, 5.74) is 0. The zero-order chi connectivity index (χ0) is 19.0. The summed E-state index contributed by atoms with van der Waals surface area (Å²) in [7, 11) is -1.41. The van der Waals surface area contributed by atoms with Crippen molar-refractivity contribution >= 4 is 33.4 Å². The van der Waals surface area contributed by atoms with E-state index in [4.69, 9.17) is 11.6 Å². The Balaban J connectivity index is 1.73. The quantitative estimate of drug-likeness (QED) is 0.338. The summed E-state index contributed by atoms with van der Waals surface area (Å²) in [4.78, 5) is 10.7. The Labute approximate surface area is 160 Å². The highest BCUT2D eigenvalue weighted by Crippen LogP contribution is 2.25. The fourth-order valence-electron chi connectivity index (χ4n) is 2.69.